The number of hydrogen-bond acceptors (Lipinski definition) is 3. The third kappa shape index (κ3) is 4.30. The summed E-state index contributed by atoms with van der Waals surface area (Å²) in [6.45, 7) is 2.51. The smallest absolute Gasteiger partial charge is 0.223 e. The number of nitrogens with zero attached hydrogens (tertiary/aromatic N) is 1. The number of carbonyl (C=O) groups is 1. The minimum atomic E-state index is 0.0814. The van der Waals surface area contributed by atoms with Crippen LogP contribution in [0.15, 0.2) is 30.3 Å². The Hall–Kier alpha value is -1.99. The third-order valence-corrected chi connectivity index (χ3v) is 5.08. The van der Waals surface area contributed by atoms with Gasteiger partial charge in [0.25, 0.3) is 0 Å². The lowest BCUT2D eigenvalue weighted by Gasteiger charge is -2.31. The van der Waals surface area contributed by atoms with Gasteiger partial charge in [-0.15, -0.1) is 6.42 Å². The summed E-state index contributed by atoms with van der Waals surface area (Å²) in [5, 5.41) is 3.24. The van der Waals surface area contributed by atoms with Gasteiger partial charge in [0.05, 0.1) is 12.6 Å². The van der Waals surface area contributed by atoms with Crippen LogP contribution in [0.3, 0.4) is 0 Å². The maximum Gasteiger partial charge on any atom is 0.223 e. The number of likely N-dealkylation sites (tertiary alicyclic amines) is 1. The highest BCUT2D eigenvalue weighted by Crippen LogP contribution is 2.26. The fraction of sp³-hybridized carbons (Fsp3) is 0.550. The Balaban J connectivity index is 1.49. The molecule has 2 aliphatic rings. The van der Waals surface area contributed by atoms with Crippen molar-refractivity contribution in [3.8, 4) is 18.1 Å². The van der Waals surface area contributed by atoms with Crippen molar-refractivity contribution in [1.82, 2.24) is 10.2 Å². The monoisotopic (exact) mass is 326 g/mol. The van der Waals surface area contributed by atoms with Gasteiger partial charge in [-0.25, -0.2) is 0 Å². The van der Waals surface area contributed by atoms with Crippen molar-refractivity contribution in [3.05, 3.63) is 30.3 Å². The van der Waals surface area contributed by atoms with Gasteiger partial charge in [-0.2, -0.15) is 0 Å². The molecule has 1 saturated heterocycles. The van der Waals surface area contributed by atoms with Crippen LogP contribution in [-0.4, -0.2) is 42.6 Å². The molecule has 1 aromatic carbocycles. The first-order chi connectivity index (χ1) is 11.8. The molecule has 1 aliphatic heterocycles. The van der Waals surface area contributed by atoms with E-state index in [2.05, 4.69) is 16.1 Å². The predicted molar refractivity (Wildman–Crippen MR) is 94.6 cm³/mol. The molecule has 0 unspecified atom stereocenters. The number of piperidine rings is 1. The number of benzene rings is 1. The van der Waals surface area contributed by atoms with Crippen molar-refractivity contribution >= 4 is 5.91 Å². The fourth-order valence-corrected chi connectivity index (χ4v) is 3.69. The lowest BCUT2D eigenvalue weighted by molar-refractivity contribution is -0.127. The van der Waals surface area contributed by atoms with Gasteiger partial charge in [-0.3, -0.25) is 9.69 Å². The zero-order chi connectivity index (χ0) is 16.8. The highest BCUT2D eigenvalue weighted by atomic mass is 16.5. The number of para-hydroxylation sites is 1. The molecule has 1 amide bonds. The number of hydrogen-bond donors (Lipinski definition) is 1. The minimum absolute atomic E-state index is 0.0814. The van der Waals surface area contributed by atoms with Crippen LogP contribution >= 0.6 is 0 Å². The Bertz CT molecular complexity index is 573. The summed E-state index contributed by atoms with van der Waals surface area (Å²) in [6, 6.07) is 10.00. The molecule has 4 nitrogen and oxygen atoms in total. The van der Waals surface area contributed by atoms with Crippen LogP contribution in [0.2, 0.25) is 0 Å². The molecule has 3 rings (SSSR count). The molecular weight excluding hydrogens is 300 g/mol. The van der Waals surface area contributed by atoms with Gasteiger partial charge in [0, 0.05) is 5.92 Å². The number of rotatable bonds is 5. The van der Waals surface area contributed by atoms with E-state index >= 15 is 0 Å². The molecule has 1 aromatic rings. The molecule has 1 N–H and O–H groups in total. The van der Waals surface area contributed by atoms with E-state index in [0.717, 1.165) is 50.9 Å². The minimum Gasteiger partial charge on any atom is -0.488 e. The van der Waals surface area contributed by atoms with Gasteiger partial charge >= 0.3 is 0 Å². The molecule has 0 radical (unpaired) electrons. The molecule has 1 heterocycles. The van der Waals surface area contributed by atoms with Crippen molar-refractivity contribution in [2.75, 3.05) is 19.6 Å². The van der Waals surface area contributed by atoms with Crippen molar-refractivity contribution < 1.29 is 9.53 Å². The number of terminal acetylenes is 1. The molecule has 1 saturated carbocycles. The quantitative estimate of drug-likeness (QED) is 0.845. The number of carbonyl (C=O) groups excluding carboxylic acids is 1. The van der Waals surface area contributed by atoms with E-state index in [0.29, 0.717) is 6.54 Å². The molecule has 24 heavy (non-hydrogen) atoms. The molecule has 4 heteroatoms. The molecule has 2 atom stereocenters. The van der Waals surface area contributed by atoms with E-state index in [9.17, 15) is 4.79 Å². The molecule has 0 aromatic heterocycles. The van der Waals surface area contributed by atoms with E-state index in [4.69, 9.17) is 11.2 Å². The Kier molecular flexibility index (Phi) is 5.77. The van der Waals surface area contributed by atoms with Crippen molar-refractivity contribution in [3.63, 3.8) is 0 Å². The van der Waals surface area contributed by atoms with Gasteiger partial charge in [-0.05, 0) is 57.3 Å². The second kappa shape index (κ2) is 8.21. The summed E-state index contributed by atoms with van der Waals surface area (Å²) in [4.78, 5) is 14.8. The summed E-state index contributed by atoms with van der Waals surface area (Å²) >= 11 is 0. The molecular formula is C20H26N2O2. The van der Waals surface area contributed by atoms with Crippen LogP contribution in [0, 0.1) is 18.3 Å². The molecule has 0 bridgehead atoms. The van der Waals surface area contributed by atoms with Crippen LogP contribution in [-0.2, 0) is 4.79 Å². The first kappa shape index (κ1) is 16.9. The largest absolute Gasteiger partial charge is 0.488 e. The summed E-state index contributed by atoms with van der Waals surface area (Å²) < 4.78 is 6.08. The standard InChI is InChI=1S/C20H26N2O2/c1-2-13-22-14-11-16(12-15-22)20(23)21-18-9-6-10-19(18)24-17-7-4-3-5-8-17/h1,3-5,7-8,16,18-19H,6,9-15H2,(H,21,23)/t18-,19+/m1/s1. The van der Waals surface area contributed by atoms with Gasteiger partial charge in [0.1, 0.15) is 11.9 Å². The summed E-state index contributed by atoms with van der Waals surface area (Å²) in [5.41, 5.74) is 0. The van der Waals surface area contributed by atoms with Crippen molar-refractivity contribution in [1.29, 1.82) is 0 Å². The lowest BCUT2D eigenvalue weighted by Crippen LogP contribution is -2.47. The second-order valence-corrected chi connectivity index (χ2v) is 6.77. The van der Waals surface area contributed by atoms with E-state index in [1.54, 1.807) is 0 Å². The van der Waals surface area contributed by atoms with E-state index in [1.807, 2.05) is 30.3 Å². The van der Waals surface area contributed by atoms with E-state index in [1.165, 1.54) is 0 Å². The highest BCUT2D eigenvalue weighted by molar-refractivity contribution is 5.79. The zero-order valence-corrected chi connectivity index (χ0v) is 14.1. The number of amides is 1. The zero-order valence-electron chi connectivity index (χ0n) is 14.1. The topological polar surface area (TPSA) is 41.6 Å². The fourth-order valence-electron chi connectivity index (χ4n) is 3.69. The van der Waals surface area contributed by atoms with Crippen molar-refractivity contribution in [2.24, 2.45) is 5.92 Å². The molecule has 1 aliphatic carbocycles. The Morgan fingerprint density at radius 2 is 1.96 bits per heavy atom. The molecule has 2 fully saturated rings. The Morgan fingerprint density at radius 3 is 2.67 bits per heavy atom. The van der Waals surface area contributed by atoms with Crippen LogP contribution in [0.4, 0.5) is 0 Å². The third-order valence-electron chi connectivity index (χ3n) is 5.08. The van der Waals surface area contributed by atoms with Crippen molar-refractivity contribution in [2.45, 2.75) is 44.2 Å². The Labute approximate surface area is 144 Å². The van der Waals surface area contributed by atoms with Gasteiger partial charge in [-0.1, -0.05) is 24.1 Å². The first-order valence-electron chi connectivity index (χ1n) is 8.94. The van der Waals surface area contributed by atoms with Gasteiger partial charge in [0.2, 0.25) is 5.91 Å². The lowest BCUT2D eigenvalue weighted by atomic mass is 9.95. The average molecular weight is 326 g/mol. The summed E-state index contributed by atoms with van der Waals surface area (Å²) in [7, 11) is 0. The van der Waals surface area contributed by atoms with Crippen LogP contribution in [0.1, 0.15) is 32.1 Å². The molecule has 0 spiro atoms. The predicted octanol–water partition coefficient (Wildman–Crippen LogP) is 2.45. The summed E-state index contributed by atoms with van der Waals surface area (Å²) in [5.74, 6) is 3.85. The van der Waals surface area contributed by atoms with E-state index < -0.39 is 0 Å². The number of nitrogens with one attached hydrogen (secondary N) is 1. The van der Waals surface area contributed by atoms with Gasteiger partial charge in [0.15, 0.2) is 0 Å². The summed E-state index contributed by atoms with van der Waals surface area (Å²) in [6.07, 6.45) is 10.3. The van der Waals surface area contributed by atoms with E-state index in [-0.39, 0.29) is 24.0 Å². The van der Waals surface area contributed by atoms with Crippen LogP contribution in [0.5, 0.6) is 5.75 Å². The second-order valence-electron chi connectivity index (χ2n) is 6.77. The van der Waals surface area contributed by atoms with Crippen LogP contribution in [0.25, 0.3) is 0 Å². The normalized spacial score (nSPS) is 25.1. The maximum atomic E-state index is 12.6. The number of ether oxygens (including phenoxy) is 1. The molecule has 128 valence electrons. The Morgan fingerprint density at radius 1 is 1.21 bits per heavy atom. The average Bonchev–Trinajstić information content (AvgIpc) is 3.03. The van der Waals surface area contributed by atoms with Gasteiger partial charge < -0.3 is 10.1 Å². The SMILES string of the molecule is C#CCN1CCC(C(=O)N[C@@H]2CCC[C@@H]2Oc2ccccc2)CC1. The highest BCUT2D eigenvalue weighted by Gasteiger charge is 2.33. The maximum absolute atomic E-state index is 12.6. The van der Waals surface area contributed by atoms with Crippen LogP contribution < -0.4 is 10.1 Å². The first-order valence-corrected chi connectivity index (χ1v) is 8.94.